The second-order valence-corrected chi connectivity index (χ2v) is 6.62. The molecule has 0 atom stereocenters. The molecule has 0 bridgehead atoms. The van der Waals surface area contributed by atoms with E-state index in [4.69, 9.17) is 23.2 Å². The average Bonchev–Trinajstić information content (AvgIpc) is 2.73. The number of nitrogens with zero attached hydrogens (tertiary/aromatic N) is 4. The van der Waals surface area contributed by atoms with Gasteiger partial charge in [0.1, 0.15) is 11.9 Å². The Morgan fingerprint density at radius 1 is 0.968 bits per heavy atom. The molecule has 3 rings (SSSR count). The number of hydrazine groups is 1. The lowest BCUT2D eigenvalue weighted by atomic mass is 10.2. The number of nitro benzene ring substituents is 1. The van der Waals surface area contributed by atoms with Crippen LogP contribution in [-0.4, -0.2) is 25.7 Å². The number of para-hydroxylation sites is 1. The number of carbonyl (C=O) groups excluding carboxylic acids is 1. The van der Waals surface area contributed by atoms with E-state index in [1.54, 1.807) is 0 Å². The van der Waals surface area contributed by atoms with E-state index in [0.717, 1.165) is 12.4 Å². The van der Waals surface area contributed by atoms with Crippen LogP contribution in [0.2, 0.25) is 10.0 Å². The molecule has 1 amide bonds. The number of nitro groups is 2. The molecule has 12 nitrogen and oxygen atoms in total. The van der Waals surface area contributed by atoms with Crippen LogP contribution in [0.5, 0.6) is 0 Å². The van der Waals surface area contributed by atoms with Crippen LogP contribution in [0.3, 0.4) is 0 Å². The number of carbonyl (C=O) groups is 1. The molecule has 31 heavy (non-hydrogen) atoms. The Bertz CT molecular complexity index is 1190. The molecule has 3 aromatic rings. The number of nitrogens with one attached hydrogen (secondary N) is 3. The number of benzene rings is 2. The summed E-state index contributed by atoms with van der Waals surface area (Å²) in [6, 6.07) is 9.68. The van der Waals surface area contributed by atoms with E-state index in [1.807, 2.05) is 0 Å². The topological polar surface area (TPSA) is 165 Å². The summed E-state index contributed by atoms with van der Waals surface area (Å²) < 4.78 is 0. The molecule has 0 radical (unpaired) electrons. The first-order valence-electron chi connectivity index (χ1n) is 8.29. The monoisotopic (exact) mass is 463 g/mol. The second kappa shape index (κ2) is 9.19. The molecule has 0 aliphatic carbocycles. The third kappa shape index (κ3) is 4.94. The molecule has 1 heterocycles. The summed E-state index contributed by atoms with van der Waals surface area (Å²) in [6.07, 6.45) is 1.01. The van der Waals surface area contributed by atoms with E-state index in [1.165, 1.54) is 36.4 Å². The minimum atomic E-state index is -0.893. The molecule has 0 aliphatic heterocycles. The van der Waals surface area contributed by atoms with Crippen LogP contribution in [-0.2, 0) is 0 Å². The zero-order chi connectivity index (χ0) is 22.5. The van der Waals surface area contributed by atoms with Crippen LogP contribution >= 0.6 is 23.2 Å². The highest BCUT2D eigenvalue weighted by Crippen LogP contribution is 2.34. The maximum atomic E-state index is 12.3. The summed E-state index contributed by atoms with van der Waals surface area (Å²) in [7, 11) is 0. The molecule has 3 N–H and O–H groups in total. The molecule has 0 saturated heterocycles. The van der Waals surface area contributed by atoms with Crippen LogP contribution < -0.4 is 16.2 Å². The minimum absolute atomic E-state index is 0.194. The summed E-state index contributed by atoms with van der Waals surface area (Å²) in [6.45, 7) is 0. The van der Waals surface area contributed by atoms with Crippen molar-refractivity contribution in [3.05, 3.63) is 84.6 Å². The lowest BCUT2D eigenvalue weighted by Gasteiger charge is -2.12. The van der Waals surface area contributed by atoms with Crippen LogP contribution in [0, 0.1) is 20.2 Å². The van der Waals surface area contributed by atoms with Gasteiger partial charge in [0.15, 0.2) is 0 Å². The van der Waals surface area contributed by atoms with Gasteiger partial charge in [-0.3, -0.25) is 35.9 Å². The molecular formula is C17H11Cl2N7O5. The Balaban J connectivity index is 1.87. The third-order valence-electron chi connectivity index (χ3n) is 3.83. The lowest BCUT2D eigenvalue weighted by molar-refractivity contribution is -0.385. The van der Waals surface area contributed by atoms with Gasteiger partial charge in [-0.25, -0.2) is 9.97 Å². The quantitative estimate of drug-likeness (QED) is 0.345. The van der Waals surface area contributed by atoms with Gasteiger partial charge in [0.25, 0.3) is 11.6 Å². The van der Waals surface area contributed by atoms with Gasteiger partial charge in [0, 0.05) is 11.1 Å². The van der Waals surface area contributed by atoms with Crippen molar-refractivity contribution in [2.45, 2.75) is 0 Å². The Morgan fingerprint density at radius 2 is 1.68 bits per heavy atom. The van der Waals surface area contributed by atoms with Crippen LogP contribution in [0.4, 0.5) is 28.7 Å². The van der Waals surface area contributed by atoms with Gasteiger partial charge in [-0.05, 0) is 24.3 Å². The summed E-state index contributed by atoms with van der Waals surface area (Å²) in [5, 5.41) is 26.0. The second-order valence-electron chi connectivity index (χ2n) is 5.78. The van der Waals surface area contributed by atoms with Gasteiger partial charge in [-0.2, -0.15) is 0 Å². The smallest absolute Gasteiger partial charge is 0.333 e. The third-order valence-corrected chi connectivity index (χ3v) is 4.38. The molecule has 0 spiro atoms. The van der Waals surface area contributed by atoms with Crippen molar-refractivity contribution in [1.82, 2.24) is 15.4 Å². The Kier molecular flexibility index (Phi) is 6.43. The highest BCUT2D eigenvalue weighted by Gasteiger charge is 2.25. The molecule has 158 valence electrons. The van der Waals surface area contributed by atoms with Gasteiger partial charge in [-0.15, -0.1) is 0 Å². The zero-order valence-electron chi connectivity index (χ0n) is 15.2. The Labute approximate surface area is 183 Å². The Hall–Kier alpha value is -4.03. The fourth-order valence-corrected chi connectivity index (χ4v) is 2.92. The first-order valence-corrected chi connectivity index (χ1v) is 9.04. The number of anilines is 3. The Morgan fingerprint density at radius 3 is 2.35 bits per heavy atom. The molecule has 14 heteroatoms. The number of amides is 1. The first-order chi connectivity index (χ1) is 14.8. The predicted molar refractivity (Wildman–Crippen MR) is 113 cm³/mol. The number of rotatable bonds is 7. The van der Waals surface area contributed by atoms with Crippen LogP contribution in [0.15, 0.2) is 48.8 Å². The van der Waals surface area contributed by atoms with Crippen molar-refractivity contribution in [1.29, 1.82) is 0 Å². The molecule has 0 aliphatic rings. The van der Waals surface area contributed by atoms with Crippen molar-refractivity contribution < 1.29 is 14.6 Å². The molecule has 2 aromatic carbocycles. The predicted octanol–water partition coefficient (Wildman–Crippen LogP) is 4.10. The number of hydrogen-bond donors (Lipinski definition) is 3. The van der Waals surface area contributed by atoms with Crippen molar-refractivity contribution in [3.8, 4) is 0 Å². The van der Waals surface area contributed by atoms with Gasteiger partial charge in [0.05, 0.1) is 20.6 Å². The number of hydrogen-bond acceptors (Lipinski definition) is 9. The summed E-state index contributed by atoms with van der Waals surface area (Å²) >= 11 is 11.9. The summed E-state index contributed by atoms with van der Waals surface area (Å²) in [5.41, 5.74) is 3.47. The molecule has 0 saturated carbocycles. The maximum Gasteiger partial charge on any atom is 0.355 e. The highest BCUT2D eigenvalue weighted by molar-refractivity contribution is 6.36. The zero-order valence-corrected chi connectivity index (χ0v) is 16.7. The van der Waals surface area contributed by atoms with Crippen molar-refractivity contribution in [2.75, 3.05) is 10.7 Å². The fraction of sp³-hybridized carbons (Fsp3) is 0. The van der Waals surface area contributed by atoms with Crippen molar-refractivity contribution in [2.24, 2.45) is 0 Å². The van der Waals surface area contributed by atoms with Gasteiger partial charge >= 0.3 is 5.69 Å². The van der Waals surface area contributed by atoms with E-state index >= 15 is 0 Å². The van der Waals surface area contributed by atoms with Gasteiger partial charge < -0.3 is 5.32 Å². The minimum Gasteiger partial charge on any atom is -0.333 e. The average molecular weight is 464 g/mol. The first kappa shape index (κ1) is 21.7. The van der Waals surface area contributed by atoms with Gasteiger partial charge in [0.2, 0.25) is 11.6 Å². The lowest BCUT2D eigenvalue weighted by Crippen LogP contribution is -2.30. The molecule has 0 unspecified atom stereocenters. The van der Waals surface area contributed by atoms with Crippen LogP contribution in [0.25, 0.3) is 0 Å². The van der Waals surface area contributed by atoms with E-state index in [-0.39, 0.29) is 22.2 Å². The SMILES string of the molecule is O=C(NNc1ncnc(Nc2ccc(Cl)cc2Cl)c1[N+](=O)[O-])c1ccccc1[N+](=O)[O-]. The summed E-state index contributed by atoms with van der Waals surface area (Å²) in [4.78, 5) is 41.1. The largest absolute Gasteiger partial charge is 0.355 e. The van der Waals surface area contributed by atoms with Crippen LogP contribution in [0.1, 0.15) is 10.4 Å². The van der Waals surface area contributed by atoms with Crippen molar-refractivity contribution in [3.63, 3.8) is 0 Å². The van der Waals surface area contributed by atoms with E-state index in [0.29, 0.717) is 10.7 Å². The molecular weight excluding hydrogens is 453 g/mol. The standard InChI is InChI=1S/C17H11Cl2N7O5/c18-9-5-6-12(11(19)7-9)22-15-14(26(30)31)16(21-8-20-15)23-24-17(27)10-3-1-2-4-13(10)25(28)29/h1-8H,(H,24,27)(H2,20,21,22,23). The van der Waals surface area contributed by atoms with E-state index in [2.05, 4.69) is 26.1 Å². The number of halogens is 2. The van der Waals surface area contributed by atoms with Gasteiger partial charge in [-0.1, -0.05) is 35.3 Å². The van der Waals surface area contributed by atoms with E-state index in [9.17, 15) is 25.0 Å². The fourth-order valence-electron chi connectivity index (χ4n) is 2.46. The molecule has 0 fully saturated rings. The number of aromatic nitrogens is 2. The summed E-state index contributed by atoms with van der Waals surface area (Å²) in [5.74, 6) is -1.47. The highest BCUT2D eigenvalue weighted by atomic mass is 35.5. The maximum absolute atomic E-state index is 12.3. The molecule has 1 aromatic heterocycles. The van der Waals surface area contributed by atoms with Crippen molar-refractivity contribution >= 4 is 57.8 Å². The normalized spacial score (nSPS) is 10.3. The van der Waals surface area contributed by atoms with E-state index < -0.39 is 27.1 Å².